The molecule has 0 heterocycles. The third-order valence-corrected chi connectivity index (χ3v) is 0.829. The summed E-state index contributed by atoms with van der Waals surface area (Å²) in [6, 6.07) is 8.24. The maximum Gasteiger partial charge on any atom is 0 e. The van der Waals surface area contributed by atoms with Crippen LogP contribution in [-0.4, -0.2) is 0 Å². The Bertz CT molecular complexity index is 110. The molecule has 0 amide bonds. The Labute approximate surface area is 70.4 Å². The molecule has 0 nitrogen and oxygen atoms in total. The number of hydrogen-bond donors (Lipinski definition) is 0. The SMILES string of the molecule is C[c-]1cccc1.[Co].[Co]. The van der Waals surface area contributed by atoms with Gasteiger partial charge in [-0.3, -0.25) is 0 Å². The van der Waals surface area contributed by atoms with Crippen molar-refractivity contribution in [1.82, 2.24) is 0 Å². The predicted molar refractivity (Wildman–Crippen MR) is 26.8 cm³/mol. The molecule has 8 heavy (non-hydrogen) atoms. The van der Waals surface area contributed by atoms with Crippen LogP contribution < -0.4 is 0 Å². The van der Waals surface area contributed by atoms with Gasteiger partial charge in [-0.25, -0.2) is 12.1 Å². The van der Waals surface area contributed by atoms with Crippen LogP contribution in [0.15, 0.2) is 24.3 Å². The zero-order valence-corrected chi connectivity index (χ0v) is 6.56. The molecule has 1 aromatic carbocycles. The molecule has 0 unspecified atom stereocenters. The van der Waals surface area contributed by atoms with Crippen LogP contribution in [0.5, 0.6) is 0 Å². The van der Waals surface area contributed by atoms with Crippen LogP contribution in [0.25, 0.3) is 0 Å². The van der Waals surface area contributed by atoms with Gasteiger partial charge < -0.3 is 0 Å². The summed E-state index contributed by atoms with van der Waals surface area (Å²) in [5, 5.41) is 0. The van der Waals surface area contributed by atoms with Crippen LogP contribution in [0.1, 0.15) is 5.56 Å². The van der Waals surface area contributed by atoms with Crippen molar-refractivity contribution in [3.63, 3.8) is 0 Å². The molecule has 2 heteroatoms. The Kier molecular flexibility index (Phi) is 7.70. The van der Waals surface area contributed by atoms with Crippen molar-refractivity contribution in [3.8, 4) is 0 Å². The molecule has 0 aromatic heterocycles. The van der Waals surface area contributed by atoms with Crippen LogP contribution in [-0.2, 0) is 33.6 Å². The summed E-state index contributed by atoms with van der Waals surface area (Å²) in [4.78, 5) is 0. The van der Waals surface area contributed by atoms with Crippen LogP contribution in [0.2, 0.25) is 0 Å². The van der Waals surface area contributed by atoms with Gasteiger partial charge in [-0.05, 0) is 0 Å². The molecule has 0 aliphatic carbocycles. The zero-order chi connectivity index (χ0) is 4.41. The minimum Gasteiger partial charge on any atom is -0.213 e. The van der Waals surface area contributed by atoms with Crippen LogP contribution in [0, 0.1) is 6.92 Å². The van der Waals surface area contributed by atoms with Gasteiger partial charge in [0.2, 0.25) is 0 Å². The molecule has 0 fully saturated rings. The molecule has 0 spiro atoms. The van der Waals surface area contributed by atoms with E-state index in [2.05, 4.69) is 19.1 Å². The molecule has 0 saturated carbocycles. The number of hydrogen-bond acceptors (Lipinski definition) is 0. The van der Waals surface area contributed by atoms with Crippen molar-refractivity contribution in [1.29, 1.82) is 0 Å². The summed E-state index contributed by atoms with van der Waals surface area (Å²) in [7, 11) is 0. The monoisotopic (exact) mass is 197 g/mol. The van der Waals surface area contributed by atoms with Gasteiger partial charge in [-0.2, -0.15) is 17.7 Å². The van der Waals surface area contributed by atoms with Gasteiger partial charge in [0.15, 0.2) is 0 Å². The first-order chi connectivity index (χ1) is 2.89. The smallest absolute Gasteiger partial charge is 0 e. The van der Waals surface area contributed by atoms with Gasteiger partial charge in [-0.1, -0.05) is 6.92 Å². The van der Waals surface area contributed by atoms with E-state index in [4.69, 9.17) is 0 Å². The topological polar surface area (TPSA) is 0 Å². The Hall–Kier alpha value is 0.363. The third kappa shape index (κ3) is 3.38. The second-order valence-electron chi connectivity index (χ2n) is 1.46. The molecule has 0 bridgehead atoms. The molecule has 2 radical (unpaired) electrons. The molecule has 0 atom stereocenters. The Morgan fingerprint density at radius 2 is 1.38 bits per heavy atom. The molecular formula is C6H7Co2-. The largest absolute Gasteiger partial charge is 0.213 e. The summed E-state index contributed by atoms with van der Waals surface area (Å²) in [6.45, 7) is 2.08. The molecule has 1 rings (SSSR count). The van der Waals surface area contributed by atoms with E-state index >= 15 is 0 Å². The van der Waals surface area contributed by atoms with E-state index in [1.54, 1.807) is 0 Å². The first kappa shape index (κ1) is 11.2. The first-order valence-electron chi connectivity index (χ1n) is 2.08. The fourth-order valence-electron chi connectivity index (χ4n) is 0.470. The molecule has 0 N–H and O–H groups in total. The van der Waals surface area contributed by atoms with E-state index in [0.29, 0.717) is 0 Å². The van der Waals surface area contributed by atoms with Crippen LogP contribution in [0.4, 0.5) is 0 Å². The fraction of sp³-hybridized carbons (Fsp3) is 0.167. The molecular weight excluding hydrogens is 190 g/mol. The van der Waals surface area contributed by atoms with Gasteiger partial charge in [0, 0.05) is 33.6 Å². The normalized spacial score (nSPS) is 6.62. The van der Waals surface area contributed by atoms with E-state index in [9.17, 15) is 0 Å². The van der Waals surface area contributed by atoms with Crippen molar-refractivity contribution in [2.75, 3.05) is 0 Å². The summed E-state index contributed by atoms with van der Waals surface area (Å²) in [5.41, 5.74) is 1.34. The average molecular weight is 197 g/mol. The Morgan fingerprint density at radius 1 is 1.00 bits per heavy atom. The number of rotatable bonds is 0. The second-order valence-corrected chi connectivity index (χ2v) is 1.46. The van der Waals surface area contributed by atoms with E-state index < -0.39 is 0 Å². The summed E-state index contributed by atoms with van der Waals surface area (Å²) < 4.78 is 0. The second kappa shape index (κ2) is 5.50. The fourth-order valence-corrected chi connectivity index (χ4v) is 0.470. The van der Waals surface area contributed by atoms with E-state index in [-0.39, 0.29) is 33.6 Å². The van der Waals surface area contributed by atoms with Crippen molar-refractivity contribution >= 4 is 0 Å². The molecule has 1 aromatic rings. The molecule has 50 valence electrons. The minimum atomic E-state index is 0. The van der Waals surface area contributed by atoms with Gasteiger partial charge in [0.05, 0.1) is 0 Å². The van der Waals surface area contributed by atoms with Gasteiger partial charge in [-0.15, -0.1) is 0 Å². The summed E-state index contributed by atoms with van der Waals surface area (Å²) in [6.07, 6.45) is 0. The Morgan fingerprint density at radius 3 is 1.50 bits per heavy atom. The molecule has 0 saturated heterocycles. The van der Waals surface area contributed by atoms with Crippen molar-refractivity contribution in [2.24, 2.45) is 0 Å². The molecule has 0 aliphatic rings. The quantitative estimate of drug-likeness (QED) is 0.555. The average Bonchev–Trinajstić information content (AvgIpc) is 1.86. The predicted octanol–water partition coefficient (Wildman–Crippen LogP) is 1.71. The zero-order valence-electron chi connectivity index (χ0n) is 4.48. The van der Waals surface area contributed by atoms with E-state index in [1.165, 1.54) is 5.56 Å². The van der Waals surface area contributed by atoms with Gasteiger partial charge >= 0.3 is 0 Å². The maximum absolute atomic E-state index is 2.08. The van der Waals surface area contributed by atoms with Gasteiger partial charge in [0.25, 0.3) is 0 Å². The summed E-state index contributed by atoms with van der Waals surface area (Å²) >= 11 is 0. The summed E-state index contributed by atoms with van der Waals surface area (Å²) in [5.74, 6) is 0. The minimum absolute atomic E-state index is 0. The van der Waals surface area contributed by atoms with Crippen molar-refractivity contribution < 1.29 is 33.6 Å². The van der Waals surface area contributed by atoms with E-state index in [0.717, 1.165) is 0 Å². The van der Waals surface area contributed by atoms with Crippen molar-refractivity contribution in [2.45, 2.75) is 6.92 Å². The van der Waals surface area contributed by atoms with Gasteiger partial charge in [0.1, 0.15) is 0 Å². The Balaban J connectivity index is 0. The standard InChI is InChI=1S/C6H7.2Co/c1-6-4-2-3-5-6;;/h2-5H,1H3;;/q-1;;. The first-order valence-corrected chi connectivity index (χ1v) is 2.08. The number of aryl methyl sites for hydroxylation is 1. The van der Waals surface area contributed by atoms with E-state index in [1.807, 2.05) is 12.1 Å². The maximum atomic E-state index is 2.08. The van der Waals surface area contributed by atoms with Crippen LogP contribution >= 0.6 is 0 Å². The van der Waals surface area contributed by atoms with Crippen LogP contribution in [0.3, 0.4) is 0 Å². The molecule has 0 aliphatic heterocycles. The van der Waals surface area contributed by atoms with Crippen molar-refractivity contribution in [3.05, 3.63) is 29.8 Å². The third-order valence-electron chi connectivity index (χ3n) is 0.829.